The topological polar surface area (TPSA) is 73.8 Å². The van der Waals surface area contributed by atoms with Crippen molar-refractivity contribution in [1.29, 1.82) is 0 Å². The molecule has 0 radical (unpaired) electrons. The van der Waals surface area contributed by atoms with E-state index in [1.807, 2.05) is 59.3 Å². The summed E-state index contributed by atoms with van der Waals surface area (Å²) in [7, 11) is 0. The molecule has 128 valence electrons. The van der Waals surface area contributed by atoms with E-state index in [0.717, 1.165) is 16.8 Å². The minimum Gasteiger partial charge on any atom is -0.332 e. The molecule has 0 aliphatic carbocycles. The lowest BCUT2D eigenvalue weighted by atomic mass is 9.97. The van der Waals surface area contributed by atoms with Crippen molar-refractivity contribution in [3.8, 4) is 28.4 Å². The molecule has 0 bridgehead atoms. The van der Waals surface area contributed by atoms with Crippen LogP contribution in [0.15, 0.2) is 65.6 Å². The summed E-state index contributed by atoms with van der Waals surface area (Å²) in [6, 6.07) is 15.5. The second kappa shape index (κ2) is 6.40. The molecule has 0 N–H and O–H groups in total. The van der Waals surface area contributed by atoms with Crippen molar-refractivity contribution in [1.82, 2.24) is 19.7 Å². The van der Waals surface area contributed by atoms with E-state index < -0.39 is 0 Å². The van der Waals surface area contributed by atoms with Crippen LogP contribution in [0, 0.1) is 6.92 Å². The summed E-state index contributed by atoms with van der Waals surface area (Å²) in [5.74, 6) is 0.999. The fourth-order valence-corrected chi connectivity index (χ4v) is 2.85. The fraction of sp³-hybridized carbons (Fsp3) is 0.100. The van der Waals surface area contributed by atoms with E-state index in [4.69, 9.17) is 4.52 Å². The zero-order valence-corrected chi connectivity index (χ0v) is 14.4. The number of nitrogens with zero attached hydrogens (tertiary/aromatic N) is 4. The molecule has 0 fully saturated rings. The molecule has 2 heterocycles. The average Bonchev–Trinajstić information content (AvgIpc) is 3.31. The van der Waals surface area contributed by atoms with E-state index in [0.29, 0.717) is 23.0 Å². The Balaban J connectivity index is 1.73. The van der Waals surface area contributed by atoms with Crippen molar-refractivity contribution in [3.05, 3.63) is 72.4 Å². The van der Waals surface area contributed by atoms with Crippen molar-refractivity contribution in [2.24, 2.45) is 0 Å². The number of aryl methyl sites for hydroxylation is 1. The average molecular weight is 344 g/mol. The molecule has 0 saturated heterocycles. The summed E-state index contributed by atoms with van der Waals surface area (Å²) < 4.78 is 7.04. The van der Waals surface area contributed by atoms with Crippen molar-refractivity contribution in [2.45, 2.75) is 13.8 Å². The summed E-state index contributed by atoms with van der Waals surface area (Å²) in [6.07, 6.45) is 3.54. The van der Waals surface area contributed by atoms with Crippen LogP contribution in [0.2, 0.25) is 0 Å². The second-order valence-electron chi connectivity index (χ2n) is 5.97. The Morgan fingerprint density at radius 2 is 1.96 bits per heavy atom. The third-order valence-corrected chi connectivity index (χ3v) is 4.09. The van der Waals surface area contributed by atoms with E-state index in [1.165, 1.54) is 0 Å². The lowest BCUT2D eigenvalue weighted by molar-refractivity contribution is 0.101. The number of aromatic nitrogens is 4. The Kier molecular flexibility index (Phi) is 3.93. The van der Waals surface area contributed by atoms with Gasteiger partial charge in [-0.2, -0.15) is 4.98 Å². The molecule has 26 heavy (non-hydrogen) atoms. The van der Waals surface area contributed by atoms with Crippen molar-refractivity contribution in [2.75, 3.05) is 0 Å². The van der Waals surface area contributed by atoms with Crippen LogP contribution in [0.4, 0.5) is 0 Å². The maximum Gasteiger partial charge on any atom is 0.278 e. The van der Waals surface area contributed by atoms with Gasteiger partial charge in [0.05, 0.1) is 0 Å². The van der Waals surface area contributed by atoms with Gasteiger partial charge in [-0.25, -0.2) is 4.98 Å². The maximum atomic E-state index is 11.9. The summed E-state index contributed by atoms with van der Waals surface area (Å²) >= 11 is 0. The summed E-state index contributed by atoms with van der Waals surface area (Å²) in [6.45, 7) is 3.34. The molecule has 0 saturated carbocycles. The molecule has 4 aromatic rings. The van der Waals surface area contributed by atoms with E-state index in [9.17, 15) is 4.79 Å². The molecular formula is C20H16N4O2. The van der Waals surface area contributed by atoms with Crippen LogP contribution in [0.25, 0.3) is 28.4 Å². The van der Waals surface area contributed by atoms with Gasteiger partial charge in [-0.3, -0.25) is 4.79 Å². The minimum absolute atomic E-state index is 0.0442. The van der Waals surface area contributed by atoms with Gasteiger partial charge in [-0.15, -0.1) is 0 Å². The Bertz CT molecular complexity index is 1090. The Labute approximate surface area is 150 Å². The van der Waals surface area contributed by atoms with Gasteiger partial charge in [0.1, 0.15) is 12.0 Å². The molecule has 6 heteroatoms. The highest BCUT2D eigenvalue weighted by molar-refractivity contribution is 6.00. The summed E-state index contributed by atoms with van der Waals surface area (Å²) in [5.41, 5.74) is 4.13. The number of imidazole rings is 1. The first-order chi connectivity index (χ1) is 12.6. The Hall–Kier alpha value is -3.54. The molecule has 6 nitrogen and oxygen atoms in total. The highest BCUT2D eigenvalue weighted by Crippen LogP contribution is 2.26. The number of carbonyl (C=O) groups is 1. The number of hydrogen-bond donors (Lipinski definition) is 0. The fourth-order valence-electron chi connectivity index (χ4n) is 2.85. The molecule has 0 aliphatic heterocycles. The molecular weight excluding hydrogens is 328 g/mol. The first-order valence-corrected chi connectivity index (χ1v) is 8.17. The van der Waals surface area contributed by atoms with Gasteiger partial charge < -0.3 is 9.09 Å². The zero-order chi connectivity index (χ0) is 18.1. The van der Waals surface area contributed by atoms with Crippen LogP contribution in [0.1, 0.15) is 23.1 Å². The van der Waals surface area contributed by atoms with Gasteiger partial charge in [0.2, 0.25) is 0 Å². The largest absolute Gasteiger partial charge is 0.332 e. The standard InChI is InChI=1S/C20H16N4O2/c1-13(25)17-8-3-4-9-18(17)15-6-5-7-16(10-15)24-11-19(21-12-24)20-22-14(2)23-26-20/h3-12H,1-2H3. The molecule has 0 spiro atoms. The predicted octanol–water partition coefficient (Wildman–Crippen LogP) is 4.10. The van der Waals surface area contributed by atoms with Gasteiger partial charge in [-0.05, 0) is 37.1 Å². The number of carbonyl (C=O) groups excluding carboxylic acids is 1. The highest BCUT2D eigenvalue weighted by Gasteiger charge is 2.12. The van der Waals surface area contributed by atoms with Crippen molar-refractivity contribution < 1.29 is 9.32 Å². The number of Topliss-reactive ketones (excluding diaryl/α,β-unsaturated/α-hetero) is 1. The van der Waals surface area contributed by atoms with Crippen molar-refractivity contribution in [3.63, 3.8) is 0 Å². The third kappa shape index (κ3) is 2.93. The molecule has 2 aromatic heterocycles. The van der Waals surface area contributed by atoms with Gasteiger partial charge in [-0.1, -0.05) is 41.6 Å². The first kappa shape index (κ1) is 16.0. The number of hydrogen-bond acceptors (Lipinski definition) is 5. The lowest BCUT2D eigenvalue weighted by Crippen LogP contribution is -1.96. The molecule has 0 amide bonds. The monoisotopic (exact) mass is 344 g/mol. The SMILES string of the molecule is CC(=O)c1ccccc1-c1cccc(-n2cnc(-c3nc(C)no3)c2)c1. The number of benzene rings is 2. The first-order valence-electron chi connectivity index (χ1n) is 8.17. The summed E-state index contributed by atoms with van der Waals surface area (Å²) in [5, 5.41) is 3.79. The molecule has 2 aromatic carbocycles. The number of rotatable bonds is 4. The van der Waals surface area contributed by atoms with Crippen LogP contribution >= 0.6 is 0 Å². The van der Waals surface area contributed by atoms with E-state index >= 15 is 0 Å². The summed E-state index contributed by atoms with van der Waals surface area (Å²) in [4.78, 5) is 20.4. The van der Waals surface area contributed by atoms with Crippen LogP contribution in [0.5, 0.6) is 0 Å². The zero-order valence-electron chi connectivity index (χ0n) is 14.4. The minimum atomic E-state index is 0.0442. The van der Waals surface area contributed by atoms with Gasteiger partial charge in [0.25, 0.3) is 5.89 Å². The lowest BCUT2D eigenvalue weighted by Gasteiger charge is -2.09. The normalized spacial score (nSPS) is 10.8. The Morgan fingerprint density at radius 3 is 2.73 bits per heavy atom. The van der Waals surface area contributed by atoms with Crippen LogP contribution < -0.4 is 0 Å². The molecule has 0 atom stereocenters. The molecule has 0 unspecified atom stereocenters. The quantitative estimate of drug-likeness (QED) is 0.521. The van der Waals surface area contributed by atoms with E-state index in [-0.39, 0.29) is 5.78 Å². The van der Waals surface area contributed by atoms with Crippen LogP contribution in [0.3, 0.4) is 0 Å². The van der Waals surface area contributed by atoms with Gasteiger partial charge >= 0.3 is 0 Å². The molecule has 0 aliphatic rings. The highest BCUT2D eigenvalue weighted by atomic mass is 16.5. The van der Waals surface area contributed by atoms with Gasteiger partial charge in [0, 0.05) is 17.4 Å². The third-order valence-electron chi connectivity index (χ3n) is 4.09. The van der Waals surface area contributed by atoms with E-state index in [2.05, 4.69) is 15.1 Å². The van der Waals surface area contributed by atoms with Gasteiger partial charge in [0.15, 0.2) is 11.6 Å². The van der Waals surface area contributed by atoms with E-state index in [1.54, 1.807) is 20.2 Å². The van der Waals surface area contributed by atoms with Crippen molar-refractivity contribution >= 4 is 5.78 Å². The predicted molar refractivity (Wildman–Crippen MR) is 97.0 cm³/mol. The second-order valence-corrected chi connectivity index (χ2v) is 5.97. The smallest absolute Gasteiger partial charge is 0.278 e. The number of ketones is 1. The van der Waals surface area contributed by atoms with Crippen LogP contribution in [-0.2, 0) is 0 Å². The maximum absolute atomic E-state index is 11.9. The molecule has 4 rings (SSSR count). The Morgan fingerprint density at radius 1 is 1.12 bits per heavy atom. The van der Waals surface area contributed by atoms with Crippen LogP contribution in [-0.4, -0.2) is 25.5 Å².